The Morgan fingerprint density at radius 3 is 2.29 bits per heavy atom. The van der Waals surface area contributed by atoms with Gasteiger partial charge in [-0.25, -0.2) is 4.98 Å². The fraction of sp³-hybridized carbons (Fsp3) is 0.571. The monoisotopic (exact) mass is 303 g/mol. The molecule has 0 aliphatic heterocycles. The average molecular weight is 303 g/mol. The van der Waals surface area contributed by atoms with Gasteiger partial charge in [-0.15, -0.1) is 0 Å². The molecule has 1 aromatic heterocycles. The number of rotatable bonds is 4. The first-order chi connectivity index (χ1) is 9.51. The van der Waals surface area contributed by atoms with Gasteiger partial charge in [0.2, 0.25) is 0 Å². The second-order valence-electron chi connectivity index (χ2n) is 5.50. The Morgan fingerprint density at radius 1 is 1.29 bits per heavy atom. The molecule has 118 valence electrons. The van der Waals surface area contributed by atoms with Gasteiger partial charge in [-0.2, -0.15) is 13.2 Å². The minimum Gasteiger partial charge on any atom is -0.384 e. The van der Waals surface area contributed by atoms with Crippen molar-refractivity contribution in [2.75, 3.05) is 12.3 Å². The molecule has 1 heterocycles. The van der Waals surface area contributed by atoms with Crippen LogP contribution < -0.4 is 5.73 Å². The van der Waals surface area contributed by atoms with Crippen molar-refractivity contribution in [1.82, 2.24) is 9.88 Å². The van der Waals surface area contributed by atoms with Crippen LogP contribution in [0, 0.1) is 0 Å². The van der Waals surface area contributed by atoms with E-state index in [-0.39, 0.29) is 17.3 Å². The number of nitrogen functional groups attached to an aromatic ring is 1. The van der Waals surface area contributed by atoms with E-state index in [4.69, 9.17) is 5.73 Å². The van der Waals surface area contributed by atoms with Crippen LogP contribution in [0.1, 0.15) is 49.7 Å². The Labute approximate surface area is 122 Å². The highest BCUT2D eigenvalue weighted by Gasteiger charge is 2.34. The van der Waals surface area contributed by atoms with Crippen LogP contribution in [0.2, 0.25) is 0 Å². The highest BCUT2D eigenvalue weighted by molar-refractivity contribution is 5.95. The maximum absolute atomic E-state index is 12.6. The summed E-state index contributed by atoms with van der Waals surface area (Å²) in [5.41, 5.74) is 6.34. The third-order valence-corrected chi connectivity index (χ3v) is 2.94. The van der Waals surface area contributed by atoms with E-state index in [0.29, 0.717) is 5.69 Å². The van der Waals surface area contributed by atoms with E-state index in [9.17, 15) is 18.0 Å². The van der Waals surface area contributed by atoms with E-state index in [2.05, 4.69) is 4.98 Å². The molecule has 0 saturated carbocycles. The van der Waals surface area contributed by atoms with Gasteiger partial charge in [-0.1, -0.05) is 13.8 Å². The average Bonchev–Trinajstić information content (AvgIpc) is 2.33. The topological polar surface area (TPSA) is 59.2 Å². The van der Waals surface area contributed by atoms with Gasteiger partial charge in [0.15, 0.2) is 0 Å². The van der Waals surface area contributed by atoms with E-state index in [0.717, 1.165) is 4.90 Å². The summed E-state index contributed by atoms with van der Waals surface area (Å²) in [6.07, 6.45) is -4.45. The van der Waals surface area contributed by atoms with Crippen LogP contribution in [0.4, 0.5) is 19.0 Å². The zero-order chi connectivity index (χ0) is 16.4. The molecule has 0 atom stereocenters. The van der Waals surface area contributed by atoms with E-state index in [1.165, 1.54) is 26.0 Å². The predicted molar refractivity (Wildman–Crippen MR) is 75.0 cm³/mol. The van der Waals surface area contributed by atoms with Gasteiger partial charge in [0.05, 0.1) is 0 Å². The Balaban J connectivity index is 3.15. The molecular weight excluding hydrogens is 283 g/mol. The van der Waals surface area contributed by atoms with Gasteiger partial charge < -0.3 is 10.6 Å². The molecule has 0 aliphatic rings. The zero-order valence-corrected chi connectivity index (χ0v) is 12.5. The second kappa shape index (κ2) is 6.32. The van der Waals surface area contributed by atoms with Crippen LogP contribution in [0.5, 0.6) is 0 Å². The van der Waals surface area contributed by atoms with E-state index in [1.54, 1.807) is 0 Å². The number of hydrogen-bond acceptors (Lipinski definition) is 3. The van der Waals surface area contributed by atoms with E-state index in [1.807, 2.05) is 13.8 Å². The predicted octanol–water partition coefficient (Wildman–Crippen LogP) is 3.20. The van der Waals surface area contributed by atoms with Gasteiger partial charge >= 0.3 is 6.18 Å². The van der Waals surface area contributed by atoms with Crippen molar-refractivity contribution >= 4 is 11.7 Å². The van der Waals surface area contributed by atoms with Crippen LogP contribution in [-0.2, 0) is 0 Å². The minimum absolute atomic E-state index is 0.0233. The Bertz CT molecular complexity index is 513. The number of anilines is 1. The van der Waals surface area contributed by atoms with Gasteiger partial charge in [0, 0.05) is 17.3 Å². The smallest absolute Gasteiger partial charge is 0.384 e. The van der Waals surface area contributed by atoms with E-state index >= 15 is 0 Å². The summed E-state index contributed by atoms with van der Waals surface area (Å²) in [6.45, 7) is 5.52. The summed E-state index contributed by atoms with van der Waals surface area (Å²) in [7, 11) is 0. The number of carbonyl (C=O) groups is 1. The Kier molecular flexibility index (Phi) is 5.20. The standard InChI is InChI=1S/C14H20F3N3O/c1-8(2)11-5-10(6-12(18)19-11)13(21)20(9(3)4)7-14(15,16)17/h5-6,8-9H,7H2,1-4H3,(H2,18,19). The number of aromatic nitrogens is 1. The lowest BCUT2D eigenvalue weighted by molar-refractivity contribution is -0.143. The van der Waals surface area contributed by atoms with Crippen molar-refractivity contribution in [2.45, 2.75) is 45.8 Å². The zero-order valence-electron chi connectivity index (χ0n) is 12.5. The SMILES string of the molecule is CC(C)c1cc(C(=O)N(CC(F)(F)F)C(C)C)cc(N)n1. The maximum Gasteiger partial charge on any atom is 0.406 e. The molecular formula is C14H20F3N3O. The number of halogens is 3. The normalized spacial score (nSPS) is 12.0. The van der Waals surface area contributed by atoms with Gasteiger partial charge in [-0.05, 0) is 31.9 Å². The van der Waals surface area contributed by atoms with Crippen molar-refractivity contribution in [2.24, 2.45) is 0 Å². The molecule has 0 saturated heterocycles. The minimum atomic E-state index is -4.45. The summed E-state index contributed by atoms with van der Waals surface area (Å²) < 4.78 is 37.8. The summed E-state index contributed by atoms with van der Waals surface area (Å²) in [6, 6.07) is 2.23. The molecule has 0 fully saturated rings. The molecule has 1 amide bonds. The van der Waals surface area contributed by atoms with Crippen molar-refractivity contribution in [3.63, 3.8) is 0 Å². The van der Waals surface area contributed by atoms with Crippen molar-refractivity contribution < 1.29 is 18.0 Å². The Hall–Kier alpha value is -1.79. The van der Waals surface area contributed by atoms with Crippen LogP contribution in [-0.4, -0.2) is 34.6 Å². The number of amides is 1. The number of nitrogens with zero attached hydrogens (tertiary/aromatic N) is 2. The molecule has 7 heteroatoms. The number of hydrogen-bond donors (Lipinski definition) is 1. The molecule has 0 unspecified atom stereocenters. The fourth-order valence-corrected chi connectivity index (χ4v) is 1.84. The van der Waals surface area contributed by atoms with E-state index < -0.39 is 24.7 Å². The third-order valence-electron chi connectivity index (χ3n) is 2.94. The maximum atomic E-state index is 12.6. The summed E-state index contributed by atoms with van der Waals surface area (Å²) in [4.78, 5) is 17.2. The van der Waals surface area contributed by atoms with Crippen molar-refractivity contribution in [1.29, 1.82) is 0 Å². The molecule has 1 aromatic rings. The van der Waals surface area contributed by atoms with Crippen LogP contribution in [0.3, 0.4) is 0 Å². The summed E-state index contributed by atoms with van der Waals surface area (Å²) >= 11 is 0. The van der Waals surface area contributed by atoms with Gasteiger partial charge in [0.1, 0.15) is 12.4 Å². The largest absolute Gasteiger partial charge is 0.406 e. The van der Waals surface area contributed by atoms with Crippen molar-refractivity contribution in [3.05, 3.63) is 23.4 Å². The van der Waals surface area contributed by atoms with Crippen LogP contribution in [0.15, 0.2) is 12.1 Å². The molecule has 21 heavy (non-hydrogen) atoms. The van der Waals surface area contributed by atoms with Crippen LogP contribution >= 0.6 is 0 Å². The highest BCUT2D eigenvalue weighted by atomic mass is 19.4. The lowest BCUT2D eigenvalue weighted by Gasteiger charge is -2.28. The fourth-order valence-electron chi connectivity index (χ4n) is 1.84. The number of alkyl halides is 3. The lowest BCUT2D eigenvalue weighted by Crippen LogP contribution is -2.43. The first-order valence-corrected chi connectivity index (χ1v) is 6.66. The summed E-state index contributed by atoms with van der Waals surface area (Å²) in [5, 5.41) is 0. The van der Waals surface area contributed by atoms with Gasteiger partial charge in [-0.3, -0.25) is 4.79 Å². The lowest BCUT2D eigenvalue weighted by atomic mass is 10.1. The molecule has 0 aliphatic carbocycles. The molecule has 1 rings (SSSR count). The molecule has 2 N–H and O–H groups in total. The molecule has 0 bridgehead atoms. The van der Waals surface area contributed by atoms with Gasteiger partial charge in [0.25, 0.3) is 5.91 Å². The van der Waals surface area contributed by atoms with Crippen molar-refractivity contribution in [3.8, 4) is 0 Å². The third kappa shape index (κ3) is 4.91. The molecule has 0 aromatic carbocycles. The first-order valence-electron chi connectivity index (χ1n) is 6.66. The molecule has 4 nitrogen and oxygen atoms in total. The quantitative estimate of drug-likeness (QED) is 0.929. The number of pyridine rings is 1. The number of nitrogens with two attached hydrogens (primary N) is 1. The molecule has 0 spiro atoms. The molecule has 0 radical (unpaired) electrons. The number of carbonyl (C=O) groups excluding carboxylic acids is 1. The highest BCUT2D eigenvalue weighted by Crippen LogP contribution is 2.22. The summed E-state index contributed by atoms with van der Waals surface area (Å²) in [5.74, 6) is -0.547. The van der Waals surface area contributed by atoms with Crippen LogP contribution in [0.25, 0.3) is 0 Å². The second-order valence-corrected chi connectivity index (χ2v) is 5.50. The first kappa shape index (κ1) is 17.3. The Morgan fingerprint density at radius 2 is 1.86 bits per heavy atom.